The first-order valence-electron chi connectivity index (χ1n) is 6.87. The molecule has 23 heavy (non-hydrogen) atoms. The Bertz CT molecular complexity index is 658. The van der Waals surface area contributed by atoms with Crippen molar-refractivity contribution in [1.82, 2.24) is 9.21 Å². The molecule has 0 saturated carbocycles. The van der Waals surface area contributed by atoms with Gasteiger partial charge in [-0.1, -0.05) is 0 Å². The SMILES string of the molecule is CS(=O)(=O)N(CC(=O)O)C[C@H]1CN(C(=O)c2ccsc2)CCO1. The highest BCUT2D eigenvalue weighted by Crippen LogP contribution is 2.14. The molecular weight excluding hydrogens is 344 g/mol. The molecule has 8 nitrogen and oxygen atoms in total. The second-order valence-corrected chi connectivity index (χ2v) is 7.97. The van der Waals surface area contributed by atoms with E-state index in [9.17, 15) is 18.0 Å². The van der Waals surface area contributed by atoms with Crippen LogP contribution >= 0.6 is 11.3 Å². The van der Waals surface area contributed by atoms with E-state index in [0.717, 1.165) is 10.6 Å². The van der Waals surface area contributed by atoms with Gasteiger partial charge in [-0.15, -0.1) is 0 Å². The summed E-state index contributed by atoms with van der Waals surface area (Å²) in [6.45, 7) is 0.199. The number of carbonyl (C=O) groups excluding carboxylic acids is 1. The van der Waals surface area contributed by atoms with Crippen LogP contribution in [0.1, 0.15) is 10.4 Å². The van der Waals surface area contributed by atoms with E-state index in [1.54, 1.807) is 16.3 Å². The van der Waals surface area contributed by atoms with Gasteiger partial charge in [-0.2, -0.15) is 15.6 Å². The van der Waals surface area contributed by atoms with E-state index in [2.05, 4.69) is 0 Å². The Morgan fingerprint density at radius 1 is 1.52 bits per heavy atom. The maximum absolute atomic E-state index is 12.3. The highest BCUT2D eigenvalue weighted by molar-refractivity contribution is 7.88. The molecule has 1 atom stereocenters. The lowest BCUT2D eigenvalue weighted by Gasteiger charge is -2.34. The summed E-state index contributed by atoms with van der Waals surface area (Å²) in [5, 5.41) is 12.4. The molecule has 0 unspecified atom stereocenters. The monoisotopic (exact) mass is 362 g/mol. The van der Waals surface area contributed by atoms with Crippen LogP contribution in [0.4, 0.5) is 0 Å². The molecule has 0 radical (unpaired) electrons. The van der Waals surface area contributed by atoms with Crippen LogP contribution in [-0.2, 0) is 19.6 Å². The van der Waals surface area contributed by atoms with Crippen LogP contribution in [0.25, 0.3) is 0 Å². The van der Waals surface area contributed by atoms with Crippen molar-refractivity contribution in [3.05, 3.63) is 22.4 Å². The van der Waals surface area contributed by atoms with E-state index in [1.165, 1.54) is 11.3 Å². The van der Waals surface area contributed by atoms with Gasteiger partial charge in [0, 0.05) is 25.0 Å². The Kier molecular flexibility index (Phi) is 5.74. The first kappa shape index (κ1) is 17.9. The fourth-order valence-electron chi connectivity index (χ4n) is 2.28. The number of aliphatic carboxylic acids is 1. The normalized spacial score (nSPS) is 19.0. The predicted molar refractivity (Wildman–Crippen MR) is 84.0 cm³/mol. The van der Waals surface area contributed by atoms with Gasteiger partial charge >= 0.3 is 5.97 Å². The van der Waals surface area contributed by atoms with Gasteiger partial charge in [0.2, 0.25) is 10.0 Å². The number of thiophene rings is 1. The van der Waals surface area contributed by atoms with Crippen LogP contribution in [-0.4, -0.2) is 79.8 Å². The summed E-state index contributed by atoms with van der Waals surface area (Å²) >= 11 is 1.42. The van der Waals surface area contributed by atoms with E-state index >= 15 is 0 Å². The average Bonchev–Trinajstić information content (AvgIpc) is 2.99. The minimum atomic E-state index is -3.67. The molecule has 2 heterocycles. The van der Waals surface area contributed by atoms with E-state index in [1.807, 2.05) is 5.38 Å². The molecule has 1 N–H and O–H groups in total. The number of carboxylic acids is 1. The highest BCUT2D eigenvalue weighted by Gasteiger charge is 2.30. The molecule has 0 spiro atoms. The average molecular weight is 362 g/mol. The number of hydrogen-bond donors (Lipinski definition) is 1. The van der Waals surface area contributed by atoms with Crippen LogP contribution in [0.3, 0.4) is 0 Å². The molecule has 1 aliphatic heterocycles. The molecule has 1 aliphatic rings. The van der Waals surface area contributed by atoms with Crippen LogP contribution in [0.15, 0.2) is 16.8 Å². The largest absolute Gasteiger partial charge is 0.480 e. The molecule has 2 rings (SSSR count). The van der Waals surface area contributed by atoms with Crippen LogP contribution in [0, 0.1) is 0 Å². The van der Waals surface area contributed by atoms with Gasteiger partial charge in [0.15, 0.2) is 0 Å². The molecule has 1 fully saturated rings. The zero-order valence-electron chi connectivity index (χ0n) is 12.5. The van der Waals surface area contributed by atoms with Crippen molar-refractivity contribution >= 4 is 33.2 Å². The van der Waals surface area contributed by atoms with Gasteiger partial charge < -0.3 is 14.7 Å². The first-order chi connectivity index (χ1) is 10.8. The van der Waals surface area contributed by atoms with Crippen molar-refractivity contribution in [2.24, 2.45) is 0 Å². The molecule has 1 aromatic heterocycles. The summed E-state index contributed by atoms with van der Waals surface area (Å²) < 4.78 is 29.7. The number of ether oxygens (including phenoxy) is 1. The van der Waals surface area contributed by atoms with Crippen molar-refractivity contribution in [2.45, 2.75) is 6.10 Å². The maximum atomic E-state index is 12.3. The Morgan fingerprint density at radius 2 is 2.26 bits per heavy atom. The maximum Gasteiger partial charge on any atom is 0.318 e. The third-order valence-electron chi connectivity index (χ3n) is 3.38. The second kappa shape index (κ2) is 7.39. The lowest BCUT2D eigenvalue weighted by molar-refractivity contribution is -0.137. The van der Waals surface area contributed by atoms with Crippen molar-refractivity contribution in [1.29, 1.82) is 0 Å². The summed E-state index contributed by atoms with van der Waals surface area (Å²) in [5.41, 5.74) is 0.584. The van der Waals surface area contributed by atoms with Crippen LogP contribution < -0.4 is 0 Å². The van der Waals surface area contributed by atoms with Crippen molar-refractivity contribution in [3.8, 4) is 0 Å². The number of nitrogens with zero attached hydrogens (tertiary/aromatic N) is 2. The van der Waals surface area contributed by atoms with Crippen molar-refractivity contribution in [3.63, 3.8) is 0 Å². The third kappa shape index (κ3) is 4.99. The molecule has 1 saturated heterocycles. The molecule has 0 aromatic carbocycles. The van der Waals surface area contributed by atoms with E-state index < -0.39 is 28.6 Å². The summed E-state index contributed by atoms with van der Waals surface area (Å²) in [6, 6.07) is 1.73. The molecule has 10 heteroatoms. The summed E-state index contributed by atoms with van der Waals surface area (Å²) in [6.07, 6.45) is 0.396. The number of carbonyl (C=O) groups is 2. The van der Waals surface area contributed by atoms with Gasteiger partial charge in [0.05, 0.1) is 24.5 Å². The summed E-state index contributed by atoms with van der Waals surface area (Å²) in [5.74, 6) is -1.37. The second-order valence-electron chi connectivity index (χ2n) is 5.21. The van der Waals surface area contributed by atoms with Gasteiger partial charge in [-0.25, -0.2) is 8.42 Å². The smallest absolute Gasteiger partial charge is 0.318 e. The zero-order valence-corrected chi connectivity index (χ0v) is 14.2. The summed E-state index contributed by atoms with van der Waals surface area (Å²) in [4.78, 5) is 24.7. The summed E-state index contributed by atoms with van der Waals surface area (Å²) in [7, 11) is -3.67. The fraction of sp³-hybridized carbons (Fsp3) is 0.538. The van der Waals surface area contributed by atoms with Crippen LogP contribution in [0.5, 0.6) is 0 Å². The number of amides is 1. The molecule has 0 bridgehead atoms. The standard InChI is InChI=1S/C13H18N2O6S2/c1-23(19,20)15(8-12(16)17)7-11-6-14(3-4-21-11)13(18)10-2-5-22-9-10/h2,5,9,11H,3-4,6-8H2,1H3,(H,16,17)/t11-/m1/s1. The molecule has 128 valence electrons. The Morgan fingerprint density at radius 3 is 2.83 bits per heavy atom. The molecule has 1 aromatic rings. The molecule has 1 amide bonds. The fourth-order valence-corrected chi connectivity index (χ4v) is 3.69. The Labute approximate surface area is 138 Å². The van der Waals surface area contributed by atoms with Gasteiger partial charge in [-0.05, 0) is 11.4 Å². The van der Waals surface area contributed by atoms with E-state index in [4.69, 9.17) is 9.84 Å². The van der Waals surface area contributed by atoms with Gasteiger partial charge in [-0.3, -0.25) is 9.59 Å². The number of hydrogen-bond acceptors (Lipinski definition) is 6. The predicted octanol–water partition coefficient (Wildman–Crippen LogP) is -0.0647. The number of carboxylic acid groups (broad SMARTS) is 1. The third-order valence-corrected chi connectivity index (χ3v) is 5.28. The van der Waals surface area contributed by atoms with Crippen LogP contribution in [0.2, 0.25) is 0 Å². The molecule has 0 aliphatic carbocycles. The Hall–Kier alpha value is -1.49. The van der Waals surface area contributed by atoms with Crippen molar-refractivity contribution < 1.29 is 27.9 Å². The van der Waals surface area contributed by atoms with Crippen molar-refractivity contribution in [2.75, 3.05) is 39.0 Å². The van der Waals surface area contributed by atoms with E-state index in [0.29, 0.717) is 12.1 Å². The highest BCUT2D eigenvalue weighted by atomic mass is 32.2. The Balaban J connectivity index is 2.02. The van der Waals surface area contributed by atoms with Gasteiger partial charge in [0.25, 0.3) is 5.91 Å². The quantitative estimate of drug-likeness (QED) is 0.760. The topological polar surface area (TPSA) is 104 Å². The molecular formula is C13H18N2O6S2. The minimum Gasteiger partial charge on any atom is -0.480 e. The lowest BCUT2D eigenvalue weighted by Crippen LogP contribution is -2.51. The zero-order chi connectivity index (χ0) is 17.0. The lowest BCUT2D eigenvalue weighted by atomic mass is 10.2. The van der Waals surface area contributed by atoms with E-state index in [-0.39, 0.29) is 25.6 Å². The first-order valence-corrected chi connectivity index (χ1v) is 9.66. The number of sulfonamides is 1. The number of morpholine rings is 1. The minimum absolute atomic E-state index is 0.0987. The van der Waals surface area contributed by atoms with Gasteiger partial charge in [0.1, 0.15) is 6.54 Å². The number of rotatable bonds is 6.